The number of carbonyl (C=O) groups is 1. The Morgan fingerprint density at radius 1 is 1.38 bits per heavy atom. The number of methoxy groups -OCH3 is 1. The Kier molecular flexibility index (Phi) is 4.70. The first-order chi connectivity index (χ1) is 10.1. The lowest BCUT2D eigenvalue weighted by Crippen LogP contribution is -2.28. The predicted molar refractivity (Wildman–Crippen MR) is 72.4 cm³/mol. The zero-order valence-corrected chi connectivity index (χ0v) is 12.0. The summed E-state index contributed by atoms with van der Waals surface area (Å²) in [6.45, 7) is 4.09. The van der Waals surface area contributed by atoms with Crippen LogP contribution in [0.3, 0.4) is 0 Å². The summed E-state index contributed by atoms with van der Waals surface area (Å²) in [7, 11) is 1.49. The number of nitrogens with zero attached hydrogens (tertiary/aromatic N) is 3. The van der Waals surface area contributed by atoms with Crippen LogP contribution in [-0.2, 0) is 0 Å². The molecule has 1 amide bonds. The fraction of sp³-hybridized carbons (Fsp3) is 0.385. The highest BCUT2D eigenvalue weighted by molar-refractivity contribution is 5.96. The molecule has 0 atom stereocenters. The van der Waals surface area contributed by atoms with Crippen molar-refractivity contribution in [1.82, 2.24) is 20.6 Å². The third-order valence-electron chi connectivity index (χ3n) is 2.71. The summed E-state index contributed by atoms with van der Waals surface area (Å²) in [6.07, 6.45) is 1.52. The minimum atomic E-state index is -0.254. The van der Waals surface area contributed by atoms with Crippen molar-refractivity contribution in [2.45, 2.75) is 13.8 Å². The Morgan fingerprint density at radius 3 is 2.86 bits per heavy atom. The summed E-state index contributed by atoms with van der Waals surface area (Å²) in [5.41, 5.74) is 1.73. The highest BCUT2D eigenvalue weighted by atomic mass is 16.6. The van der Waals surface area contributed by atoms with E-state index in [0.717, 1.165) is 5.69 Å². The summed E-state index contributed by atoms with van der Waals surface area (Å²) >= 11 is 0. The lowest BCUT2D eigenvalue weighted by molar-refractivity contribution is 0.0943. The number of ether oxygens (including phenoxy) is 2. The van der Waals surface area contributed by atoms with E-state index in [-0.39, 0.29) is 12.5 Å². The molecule has 8 heteroatoms. The summed E-state index contributed by atoms with van der Waals surface area (Å²) in [4.78, 5) is 16.2. The highest BCUT2D eigenvalue weighted by Crippen LogP contribution is 2.17. The number of aromatic nitrogens is 3. The maximum absolute atomic E-state index is 12.1. The van der Waals surface area contributed by atoms with Crippen LogP contribution in [0.1, 0.15) is 21.7 Å². The van der Waals surface area contributed by atoms with Crippen molar-refractivity contribution in [2.75, 3.05) is 20.3 Å². The van der Waals surface area contributed by atoms with Crippen LogP contribution in [-0.4, -0.2) is 41.5 Å². The molecular weight excluding hydrogens is 276 g/mol. The molecule has 2 aromatic rings. The van der Waals surface area contributed by atoms with Crippen LogP contribution < -0.4 is 14.8 Å². The minimum Gasteiger partial charge on any atom is -0.494 e. The van der Waals surface area contributed by atoms with Gasteiger partial charge in [-0.05, 0) is 25.1 Å². The normalized spacial score (nSPS) is 10.2. The molecule has 1 N–H and O–H groups in total. The summed E-state index contributed by atoms with van der Waals surface area (Å²) in [5, 5.41) is 9.90. The van der Waals surface area contributed by atoms with Crippen LogP contribution in [0.2, 0.25) is 0 Å². The lowest BCUT2D eigenvalue weighted by Gasteiger charge is -2.09. The zero-order chi connectivity index (χ0) is 15.2. The molecule has 2 rings (SSSR count). The van der Waals surface area contributed by atoms with Crippen LogP contribution in [0.4, 0.5) is 0 Å². The molecule has 21 heavy (non-hydrogen) atoms. The van der Waals surface area contributed by atoms with Crippen molar-refractivity contribution in [1.29, 1.82) is 0 Å². The number of carbonyl (C=O) groups excluding carboxylic acids is 1. The van der Waals surface area contributed by atoms with Gasteiger partial charge in [-0.15, -0.1) is 0 Å². The SMILES string of the molecule is COc1cnc(C)cc1C(=O)NCCOc1nonc1C. The first-order valence-electron chi connectivity index (χ1n) is 6.32. The fourth-order valence-electron chi connectivity index (χ4n) is 1.65. The van der Waals surface area contributed by atoms with Crippen LogP contribution in [0.5, 0.6) is 11.6 Å². The van der Waals surface area contributed by atoms with E-state index in [4.69, 9.17) is 9.47 Å². The Bertz CT molecular complexity index is 626. The monoisotopic (exact) mass is 292 g/mol. The molecule has 0 saturated carbocycles. The second kappa shape index (κ2) is 6.69. The van der Waals surface area contributed by atoms with Gasteiger partial charge in [-0.3, -0.25) is 9.78 Å². The van der Waals surface area contributed by atoms with Gasteiger partial charge in [-0.1, -0.05) is 5.16 Å². The van der Waals surface area contributed by atoms with Gasteiger partial charge in [0, 0.05) is 5.69 Å². The van der Waals surface area contributed by atoms with Crippen molar-refractivity contribution in [3.8, 4) is 11.6 Å². The number of pyridine rings is 1. The minimum absolute atomic E-state index is 0.254. The van der Waals surface area contributed by atoms with Gasteiger partial charge in [-0.25, -0.2) is 4.63 Å². The number of hydrogen-bond donors (Lipinski definition) is 1. The van der Waals surface area contributed by atoms with Crippen molar-refractivity contribution in [2.24, 2.45) is 0 Å². The van der Waals surface area contributed by atoms with Crippen LogP contribution >= 0.6 is 0 Å². The van der Waals surface area contributed by atoms with E-state index >= 15 is 0 Å². The summed E-state index contributed by atoms with van der Waals surface area (Å²) in [6, 6.07) is 1.67. The number of hydrogen-bond acceptors (Lipinski definition) is 7. The van der Waals surface area contributed by atoms with Crippen molar-refractivity contribution in [3.63, 3.8) is 0 Å². The van der Waals surface area contributed by atoms with E-state index in [9.17, 15) is 4.79 Å². The molecule has 0 aliphatic heterocycles. The van der Waals surface area contributed by atoms with Gasteiger partial charge in [-0.2, -0.15) is 0 Å². The van der Waals surface area contributed by atoms with Gasteiger partial charge >= 0.3 is 0 Å². The molecular formula is C13H16N4O4. The van der Waals surface area contributed by atoms with Crippen LogP contribution in [0.25, 0.3) is 0 Å². The van der Waals surface area contributed by atoms with Crippen molar-refractivity contribution >= 4 is 5.91 Å². The Balaban J connectivity index is 1.87. The smallest absolute Gasteiger partial charge is 0.278 e. The molecule has 0 bridgehead atoms. The second-order valence-electron chi connectivity index (χ2n) is 4.29. The first kappa shape index (κ1) is 14.8. The molecule has 0 radical (unpaired) electrons. The molecule has 0 saturated heterocycles. The highest BCUT2D eigenvalue weighted by Gasteiger charge is 2.13. The maximum Gasteiger partial charge on any atom is 0.278 e. The van der Waals surface area contributed by atoms with Crippen LogP contribution in [0, 0.1) is 13.8 Å². The average molecular weight is 292 g/mol. The molecule has 2 heterocycles. The molecule has 8 nitrogen and oxygen atoms in total. The molecule has 0 spiro atoms. The van der Waals surface area contributed by atoms with E-state index in [1.165, 1.54) is 13.3 Å². The first-order valence-corrected chi connectivity index (χ1v) is 6.32. The van der Waals surface area contributed by atoms with E-state index in [0.29, 0.717) is 29.4 Å². The van der Waals surface area contributed by atoms with Gasteiger partial charge in [0.25, 0.3) is 11.8 Å². The molecule has 0 aromatic carbocycles. The zero-order valence-electron chi connectivity index (χ0n) is 12.0. The van der Waals surface area contributed by atoms with Crippen molar-refractivity contribution in [3.05, 3.63) is 29.2 Å². The number of nitrogens with one attached hydrogen (secondary N) is 1. The Hall–Kier alpha value is -2.64. The third-order valence-corrected chi connectivity index (χ3v) is 2.71. The second-order valence-corrected chi connectivity index (χ2v) is 4.29. The van der Waals surface area contributed by atoms with E-state index < -0.39 is 0 Å². The Labute approximate surface area is 121 Å². The topological polar surface area (TPSA) is 99.4 Å². The van der Waals surface area contributed by atoms with Gasteiger partial charge in [0.1, 0.15) is 18.1 Å². The third kappa shape index (κ3) is 3.68. The van der Waals surface area contributed by atoms with Crippen molar-refractivity contribution < 1.29 is 18.9 Å². The number of rotatable bonds is 6. The Morgan fingerprint density at radius 2 is 2.19 bits per heavy atom. The van der Waals surface area contributed by atoms with Gasteiger partial charge in [0.15, 0.2) is 0 Å². The molecule has 2 aromatic heterocycles. The summed E-state index contributed by atoms with van der Waals surface area (Å²) in [5.74, 6) is 0.494. The predicted octanol–water partition coefficient (Wildman–Crippen LogP) is 0.899. The van der Waals surface area contributed by atoms with E-state index in [1.54, 1.807) is 19.9 Å². The maximum atomic E-state index is 12.1. The van der Waals surface area contributed by atoms with Crippen LogP contribution in [0.15, 0.2) is 16.9 Å². The standard InChI is InChI=1S/C13H16N4O4/c1-8-6-10(11(19-3)7-15-8)12(18)14-4-5-20-13-9(2)16-21-17-13/h6-7H,4-5H2,1-3H3,(H,14,18). The van der Waals surface area contributed by atoms with Gasteiger partial charge in [0.05, 0.1) is 25.4 Å². The quantitative estimate of drug-likeness (QED) is 0.789. The molecule has 0 aliphatic carbocycles. The fourth-order valence-corrected chi connectivity index (χ4v) is 1.65. The molecule has 0 aliphatic rings. The van der Waals surface area contributed by atoms with Gasteiger partial charge < -0.3 is 14.8 Å². The largest absolute Gasteiger partial charge is 0.494 e. The van der Waals surface area contributed by atoms with E-state index in [2.05, 4.69) is 25.2 Å². The number of amides is 1. The van der Waals surface area contributed by atoms with E-state index in [1.807, 2.05) is 0 Å². The molecule has 0 fully saturated rings. The number of aryl methyl sites for hydroxylation is 2. The lowest BCUT2D eigenvalue weighted by atomic mass is 10.2. The molecule has 112 valence electrons. The average Bonchev–Trinajstić information content (AvgIpc) is 2.88. The van der Waals surface area contributed by atoms with Gasteiger partial charge in [0.2, 0.25) is 0 Å². The summed E-state index contributed by atoms with van der Waals surface area (Å²) < 4.78 is 14.9. The molecule has 0 unspecified atom stereocenters.